The molecule has 37 heavy (non-hydrogen) atoms. The topological polar surface area (TPSA) is 89.5 Å². The Bertz CT molecular complexity index is 976. The molecule has 1 heterocycles. The molecule has 1 atom stereocenters. The Balaban J connectivity index is 0.00000334. The van der Waals surface area contributed by atoms with Crippen molar-refractivity contribution in [3.63, 3.8) is 0 Å². The van der Waals surface area contributed by atoms with Gasteiger partial charge >= 0.3 is 12.5 Å². The molecule has 0 aliphatic rings. The first kappa shape index (κ1) is 31.9. The van der Waals surface area contributed by atoms with E-state index >= 15 is 0 Å². The van der Waals surface area contributed by atoms with E-state index in [-0.39, 0.29) is 13.0 Å². The minimum Gasteiger partial charge on any atom is -0.444 e. The number of ether oxygens (including phenoxy) is 2. The zero-order valence-corrected chi connectivity index (χ0v) is 22.5. The molecule has 2 amide bonds. The number of carbonyl (C=O) groups is 2. The molecule has 7 nitrogen and oxygen atoms in total. The molecule has 1 unspecified atom stereocenters. The van der Waals surface area contributed by atoms with Crippen molar-refractivity contribution in [3.05, 3.63) is 53.9 Å². The molecule has 2 rings (SSSR count). The van der Waals surface area contributed by atoms with Crippen LogP contribution in [0.1, 0.15) is 72.2 Å². The largest absolute Gasteiger partial charge is 0.444 e. The average molecular weight is 526 g/mol. The highest BCUT2D eigenvalue weighted by molar-refractivity contribution is 5.79. The Morgan fingerprint density at radius 3 is 2.05 bits per heavy atom. The minimum atomic E-state index is -3.18. The number of benzene rings is 1. The van der Waals surface area contributed by atoms with E-state index in [0.717, 1.165) is 11.1 Å². The molecule has 0 aliphatic heterocycles. The van der Waals surface area contributed by atoms with Gasteiger partial charge in [-0.05, 0) is 51.8 Å². The third kappa shape index (κ3) is 11.6. The van der Waals surface area contributed by atoms with Crippen LogP contribution in [0.4, 0.5) is 18.0 Å². The monoisotopic (exact) mass is 525 g/mol. The van der Waals surface area contributed by atoms with Gasteiger partial charge in [-0.3, -0.25) is 14.2 Å². The molecule has 0 saturated carbocycles. The lowest BCUT2D eigenvalue weighted by Gasteiger charge is -2.31. The molecule has 206 valence electrons. The van der Waals surface area contributed by atoms with E-state index in [2.05, 4.69) is 15.6 Å². The smallest absolute Gasteiger partial charge is 0.407 e. The van der Waals surface area contributed by atoms with E-state index in [1.54, 1.807) is 45.2 Å². The van der Waals surface area contributed by atoms with Gasteiger partial charge in [0.15, 0.2) is 0 Å². The quantitative estimate of drug-likeness (QED) is 0.354. The number of aromatic nitrogens is 1. The first-order chi connectivity index (χ1) is 17.3. The van der Waals surface area contributed by atoms with E-state index < -0.39 is 42.5 Å². The lowest BCUT2D eigenvalue weighted by atomic mass is 10.0. The Kier molecular flexibility index (Phi) is 12.6. The van der Waals surface area contributed by atoms with Gasteiger partial charge in [0.1, 0.15) is 11.3 Å². The van der Waals surface area contributed by atoms with Crippen LogP contribution in [0, 0.1) is 0 Å². The molecule has 0 aliphatic carbocycles. The second-order valence-electron chi connectivity index (χ2n) is 9.40. The Hall–Kier alpha value is -3.14. The second kappa shape index (κ2) is 14.6. The summed E-state index contributed by atoms with van der Waals surface area (Å²) in [6.07, 6.45) is -2.79. The van der Waals surface area contributed by atoms with E-state index in [1.165, 1.54) is 13.8 Å². The highest BCUT2D eigenvalue weighted by atomic mass is 19.3. The fourth-order valence-electron chi connectivity index (χ4n) is 3.20. The van der Waals surface area contributed by atoms with E-state index in [1.807, 2.05) is 32.0 Å². The fourth-order valence-corrected chi connectivity index (χ4v) is 3.20. The number of hydrogen-bond acceptors (Lipinski definition) is 5. The second-order valence-corrected chi connectivity index (χ2v) is 9.40. The normalized spacial score (nSPS) is 12.3. The average Bonchev–Trinajstić information content (AvgIpc) is 2.83. The zero-order valence-electron chi connectivity index (χ0n) is 22.5. The summed E-state index contributed by atoms with van der Waals surface area (Å²) in [6, 6.07) is 10.8. The van der Waals surface area contributed by atoms with Gasteiger partial charge in [-0.15, -0.1) is 0 Å². The molecule has 0 radical (unpaired) electrons. The molecule has 0 saturated heterocycles. The number of alkyl halides is 3. The maximum atomic E-state index is 13.1. The van der Waals surface area contributed by atoms with E-state index in [9.17, 15) is 22.8 Å². The summed E-state index contributed by atoms with van der Waals surface area (Å²) in [5.74, 6) is -1.46. The molecule has 1 aromatic heterocycles. The summed E-state index contributed by atoms with van der Waals surface area (Å²) in [7, 11) is 0. The zero-order chi connectivity index (χ0) is 28.2. The van der Waals surface area contributed by atoms with Crippen molar-refractivity contribution in [2.45, 2.75) is 85.3 Å². The van der Waals surface area contributed by atoms with Gasteiger partial charge in [0.05, 0.1) is 25.0 Å². The molecule has 0 bridgehead atoms. The van der Waals surface area contributed by atoms with Gasteiger partial charge in [0, 0.05) is 18.2 Å². The van der Waals surface area contributed by atoms with Crippen LogP contribution < -0.4 is 10.6 Å². The first-order valence-corrected chi connectivity index (χ1v) is 12.2. The maximum Gasteiger partial charge on any atom is 0.407 e. The number of carbonyl (C=O) groups excluding carboxylic acids is 2. The summed E-state index contributed by atoms with van der Waals surface area (Å²) < 4.78 is 49.3. The van der Waals surface area contributed by atoms with Gasteiger partial charge in [0.25, 0.3) is 5.91 Å². The summed E-state index contributed by atoms with van der Waals surface area (Å²) in [5, 5.41) is 4.76. The summed E-state index contributed by atoms with van der Waals surface area (Å²) in [4.78, 5) is 27.5. The number of rotatable bonds is 10. The lowest BCUT2D eigenvalue weighted by Crippen LogP contribution is -2.48. The number of alkyl carbamates (subject to hydrolysis) is 1. The summed E-state index contributed by atoms with van der Waals surface area (Å²) in [6.45, 7) is 11.7. The highest BCUT2D eigenvalue weighted by Gasteiger charge is 2.29. The number of amides is 2. The van der Waals surface area contributed by atoms with Crippen molar-refractivity contribution < 1.29 is 32.2 Å². The summed E-state index contributed by atoms with van der Waals surface area (Å²) in [5.41, 5.74) is 0.955. The van der Waals surface area contributed by atoms with Crippen LogP contribution in [0.5, 0.6) is 0 Å². The standard InChI is InChI=1S/C25H32F3N3O4.C2H6/c1-24(2,3)35-23(33)30-15-19-11-10-18(14-29-19)16-6-8-17(9-7-16)20(12-13-26)34-25(4,5)31-22(32)21(27)28;1-2/h6-11,14,20-21H,12-13,15H2,1-5H3,(H,30,33)(H,31,32);1-2H3. The number of halogens is 3. The van der Waals surface area contributed by atoms with Crippen LogP contribution in [0.25, 0.3) is 11.1 Å². The number of hydrogen-bond donors (Lipinski definition) is 2. The molecule has 2 N–H and O–H groups in total. The van der Waals surface area contributed by atoms with Crippen molar-refractivity contribution in [1.82, 2.24) is 15.6 Å². The molecular formula is C27H38F3N3O4. The highest BCUT2D eigenvalue weighted by Crippen LogP contribution is 2.29. The van der Waals surface area contributed by atoms with Gasteiger partial charge in [-0.1, -0.05) is 44.2 Å². The van der Waals surface area contributed by atoms with Crippen molar-refractivity contribution in [2.75, 3.05) is 6.67 Å². The predicted molar refractivity (Wildman–Crippen MR) is 137 cm³/mol. The van der Waals surface area contributed by atoms with Crippen molar-refractivity contribution in [3.8, 4) is 11.1 Å². The summed E-state index contributed by atoms with van der Waals surface area (Å²) >= 11 is 0. The van der Waals surface area contributed by atoms with E-state index in [4.69, 9.17) is 9.47 Å². The molecule has 10 heteroatoms. The Morgan fingerprint density at radius 2 is 1.57 bits per heavy atom. The molecular weight excluding hydrogens is 487 g/mol. The Labute approximate surface area is 217 Å². The van der Waals surface area contributed by atoms with Crippen molar-refractivity contribution >= 4 is 12.0 Å². The molecule has 2 aromatic rings. The van der Waals surface area contributed by atoms with Crippen LogP contribution >= 0.6 is 0 Å². The molecule has 0 spiro atoms. The van der Waals surface area contributed by atoms with Crippen LogP contribution in [-0.2, 0) is 20.8 Å². The third-order valence-corrected chi connectivity index (χ3v) is 4.68. The van der Waals surface area contributed by atoms with Gasteiger partial charge in [-0.25, -0.2) is 4.79 Å². The number of pyridine rings is 1. The fraction of sp³-hybridized carbons (Fsp3) is 0.519. The third-order valence-electron chi connectivity index (χ3n) is 4.68. The minimum absolute atomic E-state index is 0.00573. The van der Waals surface area contributed by atoms with Gasteiger partial charge in [-0.2, -0.15) is 8.78 Å². The van der Waals surface area contributed by atoms with Gasteiger partial charge < -0.3 is 20.1 Å². The van der Waals surface area contributed by atoms with Crippen LogP contribution in [0.3, 0.4) is 0 Å². The van der Waals surface area contributed by atoms with Gasteiger partial charge in [0.2, 0.25) is 0 Å². The van der Waals surface area contributed by atoms with Crippen molar-refractivity contribution in [1.29, 1.82) is 0 Å². The number of nitrogens with one attached hydrogen (secondary N) is 2. The van der Waals surface area contributed by atoms with Crippen LogP contribution in [-0.4, -0.2) is 41.4 Å². The van der Waals surface area contributed by atoms with Crippen LogP contribution in [0.2, 0.25) is 0 Å². The SMILES string of the molecule is CC.CC(C)(C)OC(=O)NCc1ccc(-c2ccc(C(CCF)OC(C)(C)NC(=O)C(F)F)cc2)cn1. The number of nitrogens with zero attached hydrogens (tertiary/aromatic N) is 1. The lowest BCUT2D eigenvalue weighted by molar-refractivity contribution is -0.148. The van der Waals surface area contributed by atoms with Crippen molar-refractivity contribution in [2.24, 2.45) is 0 Å². The maximum absolute atomic E-state index is 13.1. The first-order valence-electron chi connectivity index (χ1n) is 12.2. The predicted octanol–water partition coefficient (Wildman–Crippen LogP) is 6.33. The molecule has 1 aromatic carbocycles. The molecule has 0 fully saturated rings. The Morgan fingerprint density at radius 1 is 0.973 bits per heavy atom. The van der Waals surface area contributed by atoms with Crippen LogP contribution in [0.15, 0.2) is 42.6 Å². The van der Waals surface area contributed by atoms with E-state index in [0.29, 0.717) is 11.3 Å².